The second kappa shape index (κ2) is 7.63. The number of carbonyl (C=O) groups excluding carboxylic acids is 2. The maximum atomic E-state index is 13.6. The molecule has 1 N–H and O–H groups in total. The summed E-state index contributed by atoms with van der Waals surface area (Å²) in [7, 11) is 0. The Hall–Kier alpha value is -2.52. The van der Waals surface area contributed by atoms with E-state index in [2.05, 4.69) is 26.9 Å². The van der Waals surface area contributed by atoms with Gasteiger partial charge in [0.15, 0.2) is 10.8 Å². The van der Waals surface area contributed by atoms with Crippen molar-refractivity contribution in [2.24, 2.45) is 0 Å². The van der Waals surface area contributed by atoms with Crippen LogP contribution in [0, 0.1) is 6.92 Å². The first-order valence-electron chi connectivity index (χ1n) is 10.1. The number of aromatic nitrogens is 2. The molecular weight excluding hydrogens is 420 g/mol. The molecule has 9 heteroatoms. The molecule has 0 radical (unpaired) electrons. The number of amides is 2. The third-order valence-corrected chi connectivity index (χ3v) is 8.03. The van der Waals surface area contributed by atoms with Crippen LogP contribution < -0.4 is 5.32 Å². The normalized spacial score (nSPS) is 17.7. The zero-order valence-electron chi connectivity index (χ0n) is 16.6. The number of hydrogen-bond donors (Lipinski definition) is 1. The Morgan fingerprint density at radius 2 is 2.13 bits per heavy atom. The predicted octanol–water partition coefficient (Wildman–Crippen LogP) is 4.15. The molecule has 0 bridgehead atoms. The van der Waals surface area contributed by atoms with Gasteiger partial charge in [-0.2, -0.15) is 0 Å². The van der Waals surface area contributed by atoms with Crippen molar-refractivity contribution in [1.29, 1.82) is 0 Å². The van der Waals surface area contributed by atoms with Gasteiger partial charge in [0.1, 0.15) is 5.76 Å². The highest BCUT2D eigenvalue weighted by atomic mass is 32.1. The quantitative estimate of drug-likeness (QED) is 0.656. The highest BCUT2D eigenvalue weighted by Gasteiger charge is 2.46. The SMILES string of the molecule is Cc1cc(C(=O)Nc2nc3c(s2)CN(C(=O)C2(c4cccs4)CCCC2)CC3)no1. The van der Waals surface area contributed by atoms with E-state index in [0.717, 1.165) is 36.3 Å². The maximum absolute atomic E-state index is 13.6. The number of nitrogens with zero attached hydrogens (tertiary/aromatic N) is 3. The van der Waals surface area contributed by atoms with Gasteiger partial charge in [-0.05, 0) is 31.2 Å². The lowest BCUT2D eigenvalue weighted by Gasteiger charge is -2.35. The first kappa shape index (κ1) is 19.4. The average molecular weight is 443 g/mol. The van der Waals surface area contributed by atoms with Crippen molar-refractivity contribution >= 4 is 39.6 Å². The molecule has 0 atom stereocenters. The topological polar surface area (TPSA) is 88.3 Å². The minimum Gasteiger partial charge on any atom is -0.361 e. The molecule has 2 aliphatic rings. The molecule has 1 aliphatic carbocycles. The van der Waals surface area contributed by atoms with Gasteiger partial charge in [0.25, 0.3) is 5.91 Å². The molecule has 5 rings (SSSR count). The number of nitrogens with one attached hydrogen (secondary N) is 1. The van der Waals surface area contributed by atoms with Gasteiger partial charge in [0, 0.05) is 28.8 Å². The summed E-state index contributed by atoms with van der Waals surface area (Å²) in [6, 6.07) is 5.74. The third kappa shape index (κ3) is 3.35. The van der Waals surface area contributed by atoms with Crippen LogP contribution in [0.2, 0.25) is 0 Å². The first-order valence-corrected chi connectivity index (χ1v) is 11.8. The van der Waals surface area contributed by atoms with Crippen molar-refractivity contribution in [2.75, 3.05) is 11.9 Å². The molecule has 1 saturated carbocycles. The van der Waals surface area contributed by atoms with E-state index in [9.17, 15) is 9.59 Å². The largest absolute Gasteiger partial charge is 0.361 e. The van der Waals surface area contributed by atoms with E-state index < -0.39 is 0 Å². The van der Waals surface area contributed by atoms with Crippen LogP contribution in [0.4, 0.5) is 5.13 Å². The van der Waals surface area contributed by atoms with Crippen LogP contribution in [0.1, 0.15) is 57.4 Å². The summed E-state index contributed by atoms with van der Waals surface area (Å²) in [5.74, 6) is 0.484. The number of rotatable bonds is 4. The second-order valence-electron chi connectivity index (χ2n) is 7.91. The fourth-order valence-electron chi connectivity index (χ4n) is 4.45. The van der Waals surface area contributed by atoms with Crippen LogP contribution in [0.25, 0.3) is 0 Å². The van der Waals surface area contributed by atoms with E-state index in [0.29, 0.717) is 30.4 Å². The second-order valence-corrected chi connectivity index (χ2v) is 9.94. The Labute approximate surface area is 182 Å². The smallest absolute Gasteiger partial charge is 0.279 e. The Bertz CT molecular complexity index is 1080. The van der Waals surface area contributed by atoms with Gasteiger partial charge in [-0.3, -0.25) is 14.9 Å². The molecule has 1 fully saturated rings. The van der Waals surface area contributed by atoms with Gasteiger partial charge in [-0.15, -0.1) is 11.3 Å². The van der Waals surface area contributed by atoms with Crippen LogP contribution in [-0.2, 0) is 23.2 Å². The van der Waals surface area contributed by atoms with Gasteiger partial charge in [0.05, 0.1) is 17.7 Å². The van der Waals surface area contributed by atoms with Gasteiger partial charge < -0.3 is 9.42 Å². The minimum absolute atomic E-state index is 0.233. The lowest BCUT2D eigenvalue weighted by Crippen LogP contribution is -2.46. The molecule has 2 amide bonds. The summed E-state index contributed by atoms with van der Waals surface area (Å²) in [5, 5.41) is 9.14. The van der Waals surface area contributed by atoms with Gasteiger partial charge in [-0.25, -0.2) is 4.98 Å². The molecule has 4 heterocycles. The Morgan fingerprint density at radius 1 is 1.30 bits per heavy atom. The van der Waals surface area contributed by atoms with Crippen LogP contribution in [0.5, 0.6) is 0 Å². The summed E-state index contributed by atoms with van der Waals surface area (Å²) in [6.45, 7) is 2.96. The lowest BCUT2D eigenvalue weighted by atomic mass is 9.82. The van der Waals surface area contributed by atoms with Crippen LogP contribution >= 0.6 is 22.7 Å². The molecule has 3 aromatic rings. The molecule has 156 valence electrons. The zero-order valence-corrected chi connectivity index (χ0v) is 18.3. The number of hydrogen-bond acceptors (Lipinski definition) is 7. The average Bonchev–Trinajstić information content (AvgIpc) is 3.52. The monoisotopic (exact) mass is 442 g/mol. The van der Waals surface area contributed by atoms with Crippen LogP contribution in [0.15, 0.2) is 28.1 Å². The fourth-order valence-corrected chi connectivity index (χ4v) is 6.45. The lowest BCUT2D eigenvalue weighted by molar-refractivity contribution is -0.138. The number of carbonyl (C=O) groups is 2. The highest BCUT2D eigenvalue weighted by Crippen LogP contribution is 2.45. The zero-order chi connectivity index (χ0) is 20.7. The molecule has 0 saturated heterocycles. The number of anilines is 1. The van der Waals surface area contributed by atoms with Crippen LogP contribution in [-0.4, -0.2) is 33.4 Å². The van der Waals surface area contributed by atoms with E-state index in [4.69, 9.17) is 4.52 Å². The van der Waals surface area contributed by atoms with Crippen molar-refractivity contribution in [3.8, 4) is 0 Å². The minimum atomic E-state index is -0.363. The third-order valence-electron chi connectivity index (χ3n) is 5.96. The molecule has 0 unspecified atom stereocenters. The van der Waals surface area contributed by atoms with E-state index in [1.807, 2.05) is 11.0 Å². The number of fused-ring (bicyclic) bond motifs is 1. The molecule has 3 aromatic heterocycles. The molecule has 7 nitrogen and oxygen atoms in total. The highest BCUT2D eigenvalue weighted by molar-refractivity contribution is 7.15. The van der Waals surface area contributed by atoms with E-state index in [-0.39, 0.29) is 22.9 Å². The Morgan fingerprint density at radius 3 is 2.83 bits per heavy atom. The van der Waals surface area contributed by atoms with Crippen molar-refractivity contribution in [3.63, 3.8) is 0 Å². The van der Waals surface area contributed by atoms with Gasteiger partial charge >= 0.3 is 0 Å². The number of thiophene rings is 1. The maximum Gasteiger partial charge on any atom is 0.279 e. The van der Waals surface area contributed by atoms with Crippen molar-refractivity contribution in [1.82, 2.24) is 15.0 Å². The standard InChI is InChI=1S/C21H22N4O3S2/c1-13-11-15(24-28-13)18(26)23-20-22-14-6-9-25(12-16(14)30-20)19(27)21(7-2-3-8-21)17-5-4-10-29-17/h4-5,10-11H,2-3,6-9,12H2,1H3,(H,22,23,26). The van der Waals surface area contributed by atoms with Crippen molar-refractivity contribution in [3.05, 3.63) is 50.5 Å². The summed E-state index contributed by atoms with van der Waals surface area (Å²) in [6.07, 6.45) is 4.76. The van der Waals surface area contributed by atoms with Crippen molar-refractivity contribution < 1.29 is 14.1 Å². The van der Waals surface area contributed by atoms with Crippen molar-refractivity contribution in [2.45, 2.75) is 51.0 Å². The molecule has 0 spiro atoms. The van der Waals surface area contributed by atoms with Gasteiger partial charge in [0.2, 0.25) is 5.91 Å². The van der Waals surface area contributed by atoms with Gasteiger partial charge in [-0.1, -0.05) is 35.4 Å². The van der Waals surface area contributed by atoms with Crippen LogP contribution in [0.3, 0.4) is 0 Å². The number of thiazole rings is 1. The molecule has 0 aromatic carbocycles. The molecule has 30 heavy (non-hydrogen) atoms. The molecular formula is C21H22N4O3S2. The Balaban J connectivity index is 1.33. The predicted molar refractivity (Wildman–Crippen MR) is 115 cm³/mol. The summed E-state index contributed by atoms with van der Waals surface area (Å²) < 4.78 is 4.96. The fraction of sp³-hybridized carbons (Fsp3) is 0.429. The number of aryl methyl sites for hydroxylation is 1. The van der Waals surface area contributed by atoms with E-state index in [1.165, 1.54) is 16.2 Å². The Kier molecular flexibility index (Phi) is 4.94. The summed E-state index contributed by atoms with van der Waals surface area (Å²) in [4.78, 5) is 34.8. The van der Waals surface area contributed by atoms with E-state index in [1.54, 1.807) is 24.3 Å². The van der Waals surface area contributed by atoms with E-state index >= 15 is 0 Å². The first-order chi connectivity index (χ1) is 14.5. The summed E-state index contributed by atoms with van der Waals surface area (Å²) in [5.41, 5.74) is 0.835. The molecule has 1 aliphatic heterocycles. The summed E-state index contributed by atoms with van der Waals surface area (Å²) >= 11 is 3.12.